The third-order valence-corrected chi connectivity index (χ3v) is 14.5. The Balaban J connectivity index is 1.18. The van der Waals surface area contributed by atoms with Crippen LogP contribution >= 0.6 is 0 Å². The number of hydrogen-bond acceptors (Lipinski definition) is 14. The van der Waals surface area contributed by atoms with Gasteiger partial charge in [-0.2, -0.15) is 0 Å². The van der Waals surface area contributed by atoms with Crippen molar-refractivity contribution in [2.45, 2.75) is 191 Å². The van der Waals surface area contributed by atoms with Crippen LogP contribution in [0.15, 0.2) is 59.3 Å². The smallest absolute Gasteiger partial charge is 0.316 e. The fourth-order valence-corrected chi connectivity index (χ4v) is 10.6. The van der Waals surface area contributed by atoms with E-state index in [0.29, 0.717) is 43.3 Å². The molecule has 7 rings (SSSR count). The SMILES string of the molecule is CC[C@H](C)[C@H]1O[C@]2(C=C[C@@H]1C)C[C@@H]1C[C@@H](C/C=C(\C)C(O[C@H]3C[C@H](OC)C(O[C@H]4C[C@H](OC)[C@@H](O)[C@H](C)O4)[C@H](C)O3)[C@@H](C)/C=C/C=C3\CO[C@@H]4[C@H](O)C(C)=CC(C(=O)O1)[C@]34O)O2. The quantitative estimate of drug-likeness (QED) is 0.210. The number of allylic oxidation sites excluding steroid dienone is 2. The molecule has 0 saturated carbocycles. The van der Waals surface area contributed by atoms with Crippen LogP contribution < -0.4 is 0 Å². The molecule has 0 aromatic rings. The molecular weight excluding hydrogens is 801 g/mol. The second-order valence-corrected chi connectivity index (χ2v) is 19.0. The Morgan fingerprint density at radius 3 is 2.32 bits per heavy atom. The molecule has 14 heteroatoms. The van der Waals surface area contributed by atoms with Gasteiger partial charge in [0.25, 0.3) is 0 Å². The molecule has 0 radical (unpaired) electrons. The first-order valence-electron chi connectivity index (χ1n) is 22.9. The molecule has 4 saturated heterocycles. The molecule has 4 fully saturated rings. The van der Waals surface area contributed by atoms with Crippen LogP contribution in [0.5, 0.6) is 0 Å². The molecule has 0 amide bonds. The first-order valence-corrected chi connectivity index (χ1v) is 22.9. The molecule has 20 atom stereocenters. The largest absolute Gasteiger partial charge is 0.462 e. The summed E-state index contributed by atoms with van der Waals surface area (Å²) in [6.07, 6.45) is 8.55. The van der Waals surface area contributed by atoms with Gasteiger partial charge >= 0.3 is 5.97 Å². The normalized spacial score (nSPS) is 49.1. The second kappa shape index (κ2) is 19.7. The van der Waals surface area contributed by atoms with Crippen LogP contribution in [0.3, 0.4) is 0 Å². The minimum absolute atomic E-state index is 0.0317. The lowest BCUT2D eigenvalue weighted by molar-refractivity contribution is -0.318. The van der Waals surface area contributed by atoms with E-state index in [1.807, 2.05) is 32.1 Å². The van der Waals surface area contributed by atoms with Crippen LogP contribution in [0.2, 0.25) is 0 Å². The Hall–Kier alpha value is -2.31. The van der Waals surface area contributed by atoms with E-state index < -0.39 is 90.8 Å². The van der Waals surface area contributed by atoms with E-state index >= 15 is 0 Å². The Morgan fingerprint density at radius 1 is 0.887 bits per heavy atom. The van der Waals surface area contributed by atoms with Gasteiger partial charge in [-0.3, -0.25) is 4.79 Å². The highest BCUT2D eigenvalue weighted by Gasteiger charge is 2.60. The number of carbonyl (C=O) groups is 1. The molecule has 7 aliphatic rings. The minimum Gasteiger partial charge on any atom is -0.462 e. The van der Waals surface area contributed by atoms with Crippen molar-refractivity contribution in [2.24, 2.45) is 23.7 Å². The number of fused-ring (bicyclic) bond motifs is 2. The molecular formula is C48H72O14. The highest BCUT2D eigenvalue weighted by Crippen LogP contribution is 2.47. The first-order chi connectivity index (χ1) is 29.5. The van der Waals surface area contributed by atoms with Crippen molar-refractivity contribution in [3.05, 3.63) is 59.3 Å². The highest BCUT2D eigenvalue weighted by molar-refractivity contribution is 5.78. The number of methoxy groups -OCH3 is 2. The lowest BCUT2D eigenvalue weighted by Gasteiger charge is -2.48. The average molecular weight is 873 g/mol. The van der Waals surface area contributed by atoms with Gasteiger partial charge in [-0.25, -0.2) is 0 Å². The summed E-state index contributed by atoms with van der Waals surface area (Å²) in [5, 5.41) is 34.2. The number of hydrogen-bond donors (Lipinski definition) is 3. The summed E-state index contributed by atoms with van der Waals surface area (Å²) in [5.74, 6) is -2.56. The maximum Gasteiger partial charge on any atom is 0.316 e. The van der Waals surface area contributed by atoms with Crippen molar-refractivity contribution >= 4 is 5.97 Å². The maximum atomic E-state index is 14.3. The van der Waals surface area contributed by atoms with E-state index in [1.165, 1.54) is 0 Å². The van der Waals surface area contributed by atoms with Crippen LogP contribution in [0.25, 0.3) is 0 Å². The van der Waals surface area contributed by atoms with E-state index in [1.54, 1.807) is 40.2 Å². The zero-order valence-electron chi connectivity index (χ0n) is 38.2. The van der Waals surface area contributed by atoms with Crippen molar-refractivity contribution in [1.29, 1.82) is 0 Å². The van der Waals surface area contributed by atoms with Crippen LogP contribution in [0.4, 0.5) is 0 Å². The van der Waals surface area contributed by atoms with Gasteiger partial charge in [-0.1, -0.05) is 70.6 Å². The van der Waals surface area contributed by atoms with Gasteiger partial charge in [-0.15, -0.1) is 0 Å². The topological polar surface area (TPSA) is 170 Å². The van der Waals surface area contributed by atoms with E-state index in [4.69, 9.17) is 47.4 Å². The molecule has 1 spiro atoms. The molecule has 14 nitrogen and oxygen atoms in total. The lowest BCUT2D eigenvalue weighted by atomic mass is 9.71. The number of esters is 1. The predicted molar refractivity (Wildman–Crippen MR) is 227 cm³/mol. The van der Waals surface area contributed by atoms with Gasteiger partial charge in [-0.05, 0) is 62.8 Å². The molecule has 3 unspecified atom stereocenters. The monoisotopic (exact) mass is 872 g/mol. The maximum absolute atomic E-state index is 14.3. The summed E-state index contributed by atoms with van der Waals surface area (Å²) >= 11 is 0. The van der Waals surface area contributed by atoms with Crippen molar-refractivity contribution in [3.8, 4) is 0 Å². The fraction of sp³-hybridized carbons (Fsp3) is 0.771. The first kappa shape index (κ1) is 47.6. The third-order valence-electron chi connectivity index (χ3n) is 14.5. The zero-order valence-corrected chi connectivity index (χ0v) is 38.2. The standard InChI is InChI=1S/C48H72O14/c1-11-25(2)43-28(5)17-18-47(62-43)23-34-20-33(61-47)16-15-27(4)42(26(3)13-12-14-32-24-55-45-40(49)29(6)19-35(46(51)58-34)48(32,45)52)59-39-22-37(54-10)44(31(8)57-39)60-38-21-36(53-9)41(50)30(7)56-38/h12-15,17-19,25-26,28,30-31,33-45,49-50,52H,11,16,20-24H2,1-10H3/b13-12+,27-15+,32-14+/t25-,26-,28-,30-,31-,33+,34-,35?,36-,37-,38-,39-,40+,41-,42?,43+,44?,45+,47+,48+/m0/s1. The molecule has 0 aromatic heterocycles. The van der Waals surface area contributed by atoms with E-state index in [9.17, 15) is 20.1 Å². The Morgan fingerprint density at radius 2 is 1.60 bits per heavy atom. The summed E-state index contributed by atoms with van der Waals surface area (Å²) in [4.78, 5) is 14.3. The van der Waals surface area contributed by atoms with Crippen molar-refractivity contribution < 1.29 is 67.5 Å². The summed E-state index contributed by atoms with van der Waals surface area (Å²) in [6.45, 7) is 16.1. The molecule has 6 heterocycles. The number of carbonyl (C=O) groups excluding carboxylic acids is 1. The number of aliphatic hydroxyl groups excluding tert-OH is 2. The van der Waals surface area contributed by atoms with Gasteiger partial charge in [0.2, 0.25) is 0 Å². The van der Waals surface area contributed by atoms with Gasteiger partial charge in [0.1, 0.15) is 42.0 Å². The number of aliphatic hydroxyl groups is 3. The average Bonchev–Trinajstić information content (AvgIpc) is 3.58. The molecule has 3 N–H and O–H groups in total. The summed E-state index contributed by atoms with van der Waals surface area (Å²) in [6, 6.07) is 0. The molecule has 6 aliphatic heterocycles. The van der Waals surface area contributed by atoms with Crippen LogP contribution in [-0.2, 0) is 52.2 Å². The van der Waals surface area contributed by atoms with Crippen LogP contribution in [-0.4, -0.2) is 139 Å². The Labute approximate surface area is 367 Å². The van der Waals surface area contributed by atoms with E-state index in [-0.39, 0.29) is 42.7 Å². The van der Waals surface area contributed by atoms with Gasteiger partial charge < -0.3 is 62.7 Å². The molecule has 2 bridgehead atoms. The van der Waals surface area contributed by atoms with E-state index in [0.717, 1.165) is 12.0 Å². The lowest BCUT2D eigenvalue weighted by Crippen LogP contribution is -2.58. The van der Waals surface area contributed by atoms with Crippen LogP contribution in [0.1, 0.15) is 93.9 Å². The Kier molecular flexibility index (Phi) is 15.1. The molecule has 0 aromatic carbocycles. The molecule has 348 valence electrons. The minimum atomic E-state index is -1.84. The van der Waals surface area contributed by atoms with E-state index in [2.05, 4.69) is 39.8 Å². The summed E-state index contributed by atoms with van der Waals surface area (Å²) < 4.78 is 63.7. The van der Waals surface area contributed by atoms with Crippen molar-refractivity contribution in [3.63, 3.8) is 0 Å². The molecule has 62 heavy (non-hydrogen) atoms. The highest BCUT2D eigenvalue weighted by atomic mass is 16.7. The van der Waals surface area contributed by atoms with Gasteiger partial charge in [0, 0.05) is 51.7 Å². The number of rotatable bonds is 8. The molecule has 1 aliphatic carbocycles. The van der Waals surface area contributed by atoms with Gasteiger partial charge in [0.15, 0.2) is 18.4 Å². The fourth-order valence-electron chi connectivity index (χ4n) is 10.6. The zero-order chi connectivity index (χ0) is 44.7. The second-order valence-electron chi connectivity index (χ2n) is 19.0. The van der Waals surface area contributed by atoms with Crippen molar-refractivity contribution in [1.82, 2.24) is 0 Å². The van der Waals surface area contributed by atoms with Crippen LogP contribution in [0, 0.1) is 23.7 Å². The summed E-state index contributed by atoms with van der Waals surface area (Å²) in [5.41, 5.74) is 0.134. The number of ether oxygens (including phenoxy) is 10. The van der Waals surface area contributed by atoms with Gasteiger partial charge in [0.05, 0.1) is 49.3 Å². The summed E-state index contributed by atoms with van der Waals surface area (Å²) in [7, 11) is 3.22. The third kappa shape index (κ3) is 9.64. The van der Waals surface area contributed by atoms with Crippen molar-refractivity contribution in [2.75, 3.05) is 20.8 Å². The Bertz CT molecular complexity index is 1730. The predicted octanol–water partition coefficient (Wildman–Crippen LogP) is 5.38.